The summed E-state index contributed by atoms with van der Waals surface area (Å²) < 4.78 is 12.9. The highest BCUT2D eigenvalue weighted by molar-refractivity contribution is 5.67. The first-order chi connectivity index (χ1) is 8.16. The molecule has 0 bridgehead atoms. The average Bonchev–Trinajstić information content (AvgIpc) is 2.30. The van der Waals surface area contributed by atoms with Crippen LogP contribution in [-0.2, 0) is 4.79 Å². The van der Waals surface area contributed by atoms with E-state index in [4.69, 9.17) is 5.11 Å². The van der Waals surface area contributed by atoms with Gasteiger partial charge in [0.15, 0.2) is 0 Å². The van der Waals surface area contributed by atoms with Gasteiger partial charge in [-0.3, -0.25) is 4.79 Å². The monoisotopic (exact) mass is 237 g/mol. The second-order valence-corrected chi connectivity index (χ2v) is 4.51. The average molecular weight is 237 g/mol. The Morgan fingerprint density at radius 3 is 2.76 bits per heavy atom. The SMILES string of the molecule is O=C(O)CC1CCNCC1c1ccc(F)cc1. The number of carboxylic acid groups (broad SMARTS) is 1. The zero-order valence-corrected chi connectivity index (χ0v) is 9.53. The molecule has 1 saturated heterocycles. The van der Waals surface area contributed by atoms with Crippen LogP contribution in [0.15, 0.2) is 24.3 Å². The van der Waals surface area contributed by atoms with Crippen molar-refractivity contribution in [1.82, 2.24) is 5.32 Å². The molecule has 4 heteroatoms. The molecule has 3 nitrogen and oxygen atoms in total. The lowest BCUT2D eigenvalue weighted by Crippen LogP contribution is -2.36. The minimum absolute atomic E-state index is 0.138. The topological polar surface area (TPSA) is 49.3 Å². The lowest BCUT2D eigenvalue weighted by molar-refractivity contribution is -0.138. The van der Waals surface area contributed by atoms with Crippen molar-refractivity contribution in [3.05, 3.63) is 35.6 Å². The summed E-state index contributed by atoms with van der Waals surface area (Å²) in [5.74, 6) is -0.712. The molecule has 0 amide bonds. The van der Waals surface area contributed by atoms with E-state index in [0.29, 0.717) is 0 Å². The molecule has 2 atom stereocenters. The van der Waals surface area contributed by atoms with Gasteiger partial charge in [0.1, 0.15) is 5.82 Å². The van der Waals surface area contributed by atoms with Gasteiger partial charge in [-0.2, -0.15) is 0 Å². The fraction of sp³-hybridized carbons (Fsp3) is 0.462. The van der Waals surface area contributed by atoms with Crippen molar-refractivity contribution in [3.8, 4) is 0 Å². The van der Waals surface area contributed by atoms with Crippen molar-refractivity contribution in [2.75, 3.05) is 13.1 Å². The van der Waals surface area contributed by atoms with Gasteiger partial charge in [0.05, 0.1) is 0 Å². The first-order valence-electron chi connectivity index (χ1n) is 5.85. The fourth-order valence-electron chi connectivity index (χ4n) is 2.48. The predicted octanol–water partition coefficient (Wildman–Crippen LogP) is 1.99. The quantitative estimate of drug-likeness (QED) is 0.845. The van der Waals surface area contributed by atoms with Crippen LogP contribution < -0.4 is 5.32 Å². The molecule has 0 aromatic heterocycles. The van der Waals surface area contributed by atoms with Crippen LogP contribution >= 0.6 is 0 Å². The Bertz CT molecular complexity index is 391. The smallest absolute Gasteiger partial charge is 0.303 e. The summed E-state index contributed by atoms with van der Waals surface area (Å²) in [5.41, 5.74) is 1.02. The molecule has 17 heavy (non-hydrogen) atoms. The maximum Gasteiger partial charge on any atom is 0.303 e. The third-order valence-corrected chi connectivity index (χ3v) is 3.36. The highest BCUT2D eigenvalue weighted by atomic mass is 19.1. The molecular formula is C13H16FNO2. The number of carboxylic acids is 1. The summed E-state index contributed by atoms with van der Waals surface area (Å²) in [6, 6.07) is 6.37. The minimum atomic E-state index is -0.760. The molecule has 1 aromatic carbocycles. The predicted molar refractivity (Wildman–Crippen MR) is 62.4 cm³/mol. The van der Waals surface area contributed by atoms with E-state index >= 15 is 0 Å². The molecule has 1 aromatic rings. The van der Waals surface area contributed by atoms with Crippen molar-refractivity contribution in [3.63, 3.8) is 0 Å². The Labute approximate surface area is 99.7 Å². The number of aliphatic carboxylic acids is 1. The molecule has 92 valence electrons. The van der Waals surface area contributed by atoms with Gasteiger partial charge < -0.3 is 10.4 Å². The van der Waals surface area contributed by atoms with E-state index in [2.05, 4.69) is 5.32 Å². The number of hydrogen-bond acceptors (Lipinski definition) is 2. The summed E-state index contributed by atoms with van der Waals surface area (Å²) in [6.07, 6.45) is 1.04. The summed E-state index contributed by atoms with van der Waals surface area (Å²) in [4.78, 5) is 10.8. The van der Waals surface area contributed by atoms with Crippen molar-refractivity contribution >= 4 is 5.97 Å². The molecule has 0 aliphatic carbocycles. The Hall–Kier alpha value is -1.42. The fourth-order valence-corrected chi connectivity index (χ4v) is 2.48. The molecule has 0 radical (unpaired) electrons. The van der Waals surface area contributed by atoms with Crippen LogP contribution in [0, 0.1) is 11.7 Å². The van der Waals surface area contributed by atoms with Gasteiger partial charge in [-0.05, 0) is 42.5 Å². The zero-order valence-electron chi connectivity index (χ0n) is 9.53. The van der Waals surface area contributed by atoms with Crippen LogP contribution in [0.5, 0.6) is 0 Å². The molecular weight excluding hydrogens is 221 g/mol. The highest BCUT2D eigenvalue weighted by Gasteiger charge is 2.28. The van der Waals surface area contributed by atoms with E-state index in [1.165, 1.54) is 12.1 Å². The lowest BCUT2D eigenvalue weighted by atomic mass is 9.79. The Kier molecular flexibility index (Phi) is 3.74. The number of nitrogens with one attached hydrogen (secondary N) is 1. The van der Waals surface area contributed by atoms with E-state index < -0.39 is 5.97 Å². The summed E-state index contributed by atoms with van der Waals surface area (Å²) >= 11 is 0. The minimum Gasteiger partial charge on any atom is -0.481 e. The second kappa shape index (κ2) is 5.27. The molecule has 0 spiro atoms. The van der Waals surface area contributed by atoms with Crippen LogP contribution in [0.1, 0.15) is 24.3 Å². The van der Waals surface area contributed by atoms with E-state index in [0.717, 1.165) is 25.1 Å². The molecule has 1 aliphatic rings. The number of halogens is 1. The van der Waals surface area contributed by atoms with Gasteiger partial charge in [0.25, 0.3) is 0 Å². The normalized spacial score (nSPS) is 24.5. The van der Waals surface area contributed by atoms with Gasteiger partial charge in [0, 0.05) is 13.0 Å². The number of carbonyl (C=O) groups is 1. The second-order valence-electron chi connectivity index (χ2n) is 4.51. The maximum atomic E-state index is 12.9. The molecule has 2 rings (SSSR count). The van der Waals surface area contributed by atoms with Crippen molar-refractivity contribution in [2.24, 2.45) is 5.92 Å². The Morgan fingerprint density at radius 1 is 1.41 bits per heavy atom. The van der Waals surface area contributed by atoms with E-state index in [-0.39, 0.29) is 24.1 Å². The van der Waals surface area contributed by atoms with Gasteiger partial charge >= 0.3 is 5.97 Å². The van der Waals surface area contributed by atoms with E-state index in [1.807, 2.05) is 0 Å². The van der Waals surface area contributed by atoms with Crippen LogP contribution in [0.4, 0.5) is 4.39 Å². The van der Waals surface area contributed by atoms with Gasteiger partial charge in [-0.1, -0.05) is 12.1 Å². The van der Waals surface area contributed by atoms with Crippen molar-refractivity contribution in [2.45, 2.75) is 18.8 Å². The summed E-state index contributed by atoms with van der Waals surface area (Å²) in [5, 5.41) is 12.2. The molecule has 0 saturated carbocycles. The molecule has 1 aliphatic heterocycles. The Morgan fingerprint density at radius 2 is 2.12 bits per heavy atom. The number of benzene rings is 1. The Balaban J connectivity index is 2.15. The lowest BCUT2D eigenvalue weighted by Gasteiger charge is -2.31. The first-order valence-corrected chi connectivity index (χ1v) is 5.85. The number of piperidine rings is 1. The summed E-state index contributed by atoms with van der Waals surface area (Å²) in [7, 11) is 0. The largest absolute Gasteiger partial charge is 0.481 e. The van der Waals surface area contributed by atoms with Gasteiger partial charge in [-0.15, -0.1) is 0 Å². The highest BCUT2D eigenvalue weighted by Crippen LogP contribution is 2.31. The third-order valence-electron chi connectivity index (χ3n) is 3.36. The molecule has 1 fully saturated rings. The van der Waals surface area contributed by atoms with Gasteiger partial charge in [0.2, 0.25) is 0 Å². The maximum absolute atomic E-state index is 12.9. The number of rotatable bonds is 3. The van der Waals surface area contributed by atoms with Crippen molar-refractivity contribution < 1.29 is 14.3 Å². The third kappa shape index (κ3) is 3.03. The molecule has 2 N–H and O–H groups in total. The van der Waals surface area contributed by atoms with Crippen LogP contribution in [-0.4, -0.2) is 24.2 Å². The standard InChI is InChI=1S/C13H16FNO2/c14-11-3-1-9(2-4-11)12-8-15-6-5-10(12)7-13(16)17/h1-4,10,12,15H,5-8H2,(H,16,17). The van der Waals surface area contributed by atoms with Crippen LogP contribution in [0.3, 0.4) is 0 Å². The molecule has 1 heterocycles. The zero-order chi connectivity index (χ0) is 12.3. The number of hydrogen-bond donors (Lipinski definition) is 2. The first kappa shape index (κ1) is 12.0. The van der Waals surface area contributed by atoms with Crippen LogP contribution in [0.2, 0.25) is 0 Å². The van der Waals surface area contributed by atoms with E-state index in [9.17, 15) is 9.18 Å². The van der Waals surface area contributed by atoms with Crippen LogP contribution in [0.25, 0.3) is 0 Å². The molecule has 2 unspecified atom stereocenters. The summed E-state index contributed by atoms with van der Waals surface area (Å²) in [6.45, 7) is 1.62. The van der Waals surface area contributed by atoms with E-state index in [1.54, 1.807) is 12.1 Å². The van der Waals surface area contributed by atoms with Crippen molar-refractivity contribution in [1.29, 1.82) is 0 Å². The van der Waals surface area contributed by atoms with Gasteiger partial charge in [-0.25, -0.2) is 4.39 Å².